The van der Waals surface area contributed by atoms with Gasteiger partial charge in [-0.05, 0) is 34.1 Å². The number of para-hydroxylation sites is 2. The summed E-state index contributed by atoms with van der Waals surface area (Å²) >= 11 is 3.36. The van der Waals surface area contributed by atoms with Crippen molar-refractivity contribution in [2.75, 3.05) is 0 Å². The second kappa shape index (κ2) is 4.83. The first kappa shape index (κ1) is 12.4. The van der Waals surface area contributed by atoms with Gasteiger partial charge in [0.2, 0.25) is 0 Å². The molecule has 0 saturated heterocycles. The summed E-state index contributed by atoms with van der Waals surface area (Å²) in [7, 11) is 2.02. The third-order valence-corrected chi connectivity index (χ3v) is 3.97. The molecule has 0 saturated carbocycles. The SMILES string of the molecule is Cn1c(CC(N)c2ccoc2Br)nc2ccccc21. The van der Waals surface area contributed by atoms with Gasteiger partial charge in [-0.2, -0.15) is 0 Å². The quantitative estimate of drug-likeness (QED) is 0.806. The number of furan rings is 1. The van der Waals surface area contributed by atoms with Gasteiger partial charge in [0.1, 0.15) is 5.82 Å². The Balaban J connectivity index is 1.93. The molecule has 1 unspecified atom stereocenters. The first-order valence-electron chi connectivity index (χ1n) is 6.05. The molecule has 0 aliphatic carbocycles. The molecule has 0 radical (unpaired) electrons. The van der Waals surface area contributed by atoms with Gasteiger partial charge >= 0.3 is 0 Å². The van der Waals surface area contributed by atoms with Gasteiger partial charge in [0.15, 0.2) is 4.67 Å². The molecule has 0 bridgehead atoms. The maximum absolute atomic E-state index is 6.22. The van der Waals surface area contributed by atoms with Crippen LogP contribution in [-0.4, -0.2) is 9.55 Å². The van der Waals surface area contributed by atoms with E-state index in [4.69, 9.17) is 10.2 Å². The van der Waals surface area contributed by atoms with Crippen molar-refractivity contribution >= 4 is 27.0 Å². The Morgan fingerprint density at radius 2 is 2.16 bits per heavy atom. The third-order valence-electron chi connectivity index (χ3n) is 3.33. The summed E-state index contributed by atoms with van der Waals surface area (Å²) < 4.78 is 8.00. The lowest BCUT2D eigenvalue weighted by molar-refractivity contribution is 0.529. The highest BCUT2D eigenvalue weighted by molar-refractivity contribution is 9.10. The van der Waals surface area contributed by atoms with Crippen LogP contribution in [0.15, 0.2) is 45.7 Å². The number of fused-ring (bicyclic) bond motifs is 1. The molecule has 0 amide bonds. The number of aryl methyl sites for hydroxylation is 1. The summed E-state index contributed by atoms with van der Waals surface area (Å²) in [4.78, 5) is 4.63. The van der Waals surface area contributed by atoms with Crippen LogP contribution in [0, 0.1) is 0 Å². The topological polar surface area (TPSA) is 57.0 Å². The Morgan fingerprint density at radius 3 is 2.84 bits per heavy atom. The first-order valence-corrected chi connectivity index (χ1v) is 6.85. The van der Waals surface area contributed by atoms with Crippen LogP contribution < -0.4 is 5.73 Å². The van der Waals surface area contributed by atoms with Gasteiger partial charge in [-0.15, -0.1) is 0 Å². The molecule has 2 heterocycles. The monoisotopic (exact) mass is 319 g/mol. The number of benzene rings is 1. The minimum absolute atomic E-state index is 0.136. The fourth-order valence-electron chi connectivity index (χ4n) is 2.25. The molecular weight excluding hydrogens is 306 g/mol. The van der Waals surface area contributed by atoms with Gasteiger partial charge in [-0.25, -0.2) is 4.98 Å². The number of hydrogen-bond donors (Lipinski definition) is 1. The smallest absolute Gasteiger partial charge is 0.173 e. The van der Waals surface area contributed by atoms with Gasteiger partial charge in [-0.1, -0.05) is 12.1 Å². The van der Waals surface area contributed by atoms with E-state index in [0.29, 0.717) is 11.1 Å². The van der Waals surface area contributed by atoms with E-state index in [-0.39, 0.29) is 6.04 Å². The van der Waals surface area contributed by atoms with Crippen molar-refractivity contribution in [3.8, 4) is 0 Å². The van der Waals surface area contributed by atoms with Gasteiger partial charge in [0.25, 0.3) is 0 Å². The van der Waals surface area contributed by atoms with E-state index in [0.717, 1.165) is 22.4 Å². The largest absolute Gasteiger partial charge is 0.457 e. The molecule has 2 N–H and O–H groups in total. The maximum atomic E-state index is 6.22. The number of rotatable bonds is 3. The Bertz CT molecular complexity index is 716. The number of hydrogen-bond acceptors (Lipinski definition) is 3. The molecule has 0 spiro atoms. The lowest BCUT2D eigenvalue weighted by atomic mass is 10.1. The molecule has 5 heteroatoms. The van der Waals surface area contributed by atoms with Crippen molar-refractivity contribution in [3.63, 3.8) is 0 Å². The van der Waals surface area contributed by atoms with E-state index >= 15 is 0 Å². The zero-order valence-corrected chi connectivity index (χ0v) is 12.1. The average Bonchev–Trinajstić information content (AvgIpc) is 2.95. The zero-order valence-electron chi connectivity index (χ0n) is 10.5. The minimum atomic E-state index is -0.136. The highest BCUT2D eigenvalue weighted by Gasteiger charge is 2.16. The maximum Gasteiger partial charge on any atom is 0.173 e. The van der Waals surface area contributed by atoms with Crippen LogP contribution in [0.3, 0.4) is 0 Å². The van der Waals surface area contributed by atoms with E-state index in [1.165, 1.54) is 0 Å². The summed E-state index contributed by atoms with van der Waals surface area (Å²) in [6, 6.07) is 9.83. The predicted molar refractivity (Wildman–Crippen MR) is 77.8 cm³/mol. The molecule has 2 aromatic heterocycles. The normalized spacial score (nSPS) is 13.0. The predicted octanol–water partition coefficient (Wildman–Crippen LogP) is 3.17. The summed E-state index contributed by atoms with van der Waals surface area (Å²) in [5, 5.41) is 0. The summed E-state index contributed by atoms with van der Waals surface area (Å²) in [6.07, 6.45) is 2.30. The summed E-state index contributed by atoms with van der Waals surface area (Å²) in [6.45, 7) is 0. The molecule has 0 aliphatic heterocycles. The van der Waals surface area contributed by atoms with E-state index < -0.39 is 0 Å². The van der Waals surface area contributed by atoms with Crippen LogP contribution in [0.5, 0.6) is 0 Å². The van der Waals surface area contributed by atoms with Gasteiger partial charge in [-0.3, -0.25) is 0 Å². The molecule has 98 valence electrons. The standard InChI is InChI=1S/C14H14BrN3O/c1-18-12-5-3-2-4-11(12)17-13(18)8-10(16)9-6-7-19-14(9)15/h2-7,10H,8,16H2,1H3. The second-order valence-electron chi connectivity index (χ2n) is 4.54. The number of nitrogens with zero attached hydrogens (tertiary/aromatic N) is 2. The first-order chi connectivity index (χ1) is 9.16. The van der Waals surface area contributed by atoms with Gasteiger partial charge < -0.3 is 14.7 Å². The van der Waals surface area contributed by atoms with Crippen molar-refractivity contribution in [3.05, 3.63) is 52.7 Å². The highest BCUT2D eigenvalue weighted by Crippen LogP contribution is 2.26. The van der Waals surface area contributed by atoms with Crippen molar-refractivity contribution in [1.82, 2.24) is 9.55 Å². The molecular formula is C14H14BrN3O. The lowest BCUT2D eigenvalue weighted by Gasteiger charge is -2.10. The molecule has 4 nitrogen and oxygen atoms in total. The number of aromatic nitrogens is 2. The van der Waals surface area contributed by atoms with Crippen molar-refractivity contribution < 1.29 is 4.42 Å². The molecule has 3 aromatic rings. The Hall–Kier alpha value is -1.59. The minimum Gasteiger partial charge on any atom is -0.457 e. The van der Waals surface area contributed by atoms with Gasteiger partial charge in [0.05, 0.1) is 17.3 Å². The van der Waals surface area contributed by atoms with Crippen LogP contribution in [0.25, 0.3) is 11.0 Å². The molecule has 1 aromatic carbocycles. The van der Waals surface area contributed by atoms with E-state index in [2.05, 4.69) is 31.5 Å². The number of nitrogens with two attached hydrogens (primary N) is 1. The number of imidazole rings is 1. The Labute approximate surface area is 119 Å². The Morgan fingerprint density at radius 1 is 1.37 bits per heavy atom. The highest BCUT2D eigenvalue weighted by atomic mass is 79.9. The van der Waals surface area contributed by atoms with Crippen LogP contribution >= 0.6 is 15.9 Å². The van der Waals surface area contributed by atoms with E-state index in [1.807, 2.05) is 31.3 Å². The molecule has 0 aliphatic rings. The average molecular weight is 320 g/mol. The van der Waals surface area contributed by atoms with Crippen LogP contribution in [0.2, 0.25) is 0 Å². The van der Waals surface area contributed by atoms with Gasteiger partial charge in [0, 0.05) is 25.1 Å². The van der Waals surface area contributed by atoms with Crippen LogP contribution in [0.4, 0.5) is 0 Å². The van der Waals surface area contributed by atoms with E-state index in [1.54, 1.807) is 6.26 Å². The van der Waals surface area contributed by atoms with Crippen molar-refractivity contribution in [2.45, 2.75) is 12.5 Å². The van der Waals surface area contributed by atoms with Crippen LogP contribution in [0.1, 0.15) is 17.4 Å². The summed E-state index contributed by atoms with van der Waals surface area (Å²) in [5.41, 5.74) is 9.30. The molecule has 1 atom stereocenters. The third kappa shape index (κ3) is 2.19. The zero-order chi connectivity index (χ0) is 13.4. The molecule has 0 fully saturated rings. The Kier molecular flexibility index (Phi) is 3.16. The fourth-order valence-corrected chi connectivity index (χ4v) is 2.79. The van der Waals surface area contributed by atoms with Crippen LogP contribution in [-0.2, 0) is 13.5 Å². The fraction of sp³-hybridized carbons (Fsp3) is 0.214. The van der Waals surface area contributed by atoms with Crippen molar-refractivity contribution in [2.24, 2.45) is 12.8 Å². The number of halogens is 1. The second-order valence-corrected chi connectivity index (χ2v) is 5.26. The van der Waals surface area contributed by atoms with E-state index in [9.17, 15) is 0 Å². The lowest BCUT2D eigenvalue weighted by Crippen LogP contribution is -2.15. The van der Waals surface area contributed by atoms with Crippen molar-refractivity contribution in [1.29, 1.82) is 0 Å². The summed E-state index contributed by atoms with van der Waals surface area (Å²) in [5.74, 6) is 0.974. The molecule has 19 heavy (non-hydrogen) atoms. The molecule has 3 rings (SSSR count).